The van der Waals surface area contributed by atoms with Gasteiger partial charge in [0.05, 0.1) is 18.2 Å². The van der Waals surface area contributed by atoms with Crippen molar-refractivity contribution in [1.82, 2.24) is 4.57 Å². The fourth-order valence-corrected chi connectivity index (χ4v) is 3.00. The minimum atomic E-state index is -1.02. The molecule has 0 unspecified atom stereocenters. The molecule has 0 radical (unpaired) electrons. The summed E-state index contributed by atoms with van der Waals surface area (Å²) in [5.74, 6) is -2.86. The van der Waals surface area contributed by atoms with Gasteiger partial charge in [-0.1, -0.05) is 0 Å². The first-order valence-corrected chi connectivity index (χ1v) is 9.67. The molecule has 0 fully saturated rings. The van der Waals surface area contributed by atoms with Crippen LogP contribution in [0.25, 0.3) is 0 Å². The highest BCUT2D eigenvalue weighted by Gasteiger charge is 2.38. The van der Waals surface area contributed by atoms with Crippen LogP contribution in [0.1, 0.15) is 99.1 Å². The SMILES string of the molecule is COC(=O)c1c(C(=O)OC(C)(C)C)c(C(=O)OC(C)(C)C)c(=O)n(C(C)(C)C)c1C. The van der Waals surface area contributed by atoms with E-state index in [1.165, 1.54) is 11.5 Å². The van der Waals surface area contributed by atoms with Crippen LogP contribution in [0.2, 0.25) is 0 Å². The number of hydrogen-bond donors (Lipinski definition) is 0. The number of methoxy groups -OCH3 is 1. The summed E-state index contributed by atoms with van der Waals surface area (Å²) in [4.78, 5) is 52.2. The zero-order valence-corrected chi connectivity index (χ0v) is 19.8. The van der Waals surface area contributed by atoms with Crippen LogP contribution < -0.4 is 5.56 Å². The summed E-state index contributed by atoms with van der Waals surface area (Å²) in [5, 5.41) is 0. The molecule has 30 heavy (non-hydrogen) atoms. The third-order valence-electron chi connectivity index (χ3n) is 3.88. The summed E-state index contributed by atoms with van der Waals surface area (Å²) >= 11 is 0. The van der Waals surface area contributed by atoms with Crippen LogP contribution in [0, 0.1) is 6.92 Å². The van der Waals surface area contributed by atoms with Gasteiger partial charge in [0, 0.05) is 11.2 Å². The van der Waals surface area contributed by atoms with Crippen molar-refractivity contribution in [1.29, 1.82) is 0 Å². The van der Waals surface area contributed by atoms with Crippen LogP contribution in [0.4, 0.5) is 0 Å². The molecule has 0 aliphatic rings. The molecular formula is C22H33NO7. The maximum atomic E-state index is 13.4. The van der Waals surface area contributed by atoms with Gasteiger partial charge in [-0.25, -0.2) is 14.4 Å². The smallest absolute Gasteiger partial charge is 0.345 e. The number of nitrogens with zero attached hydrogens (tertiary/aromatic N) is 1. The molecule has 168 valence electrons. The van der Waals surface area contributed by atoms with E-state index >= 15 is 0 Å². The van der Waals surface area contributed by atoms with E-state index in [0.717, 1.165) is 7.11 Å². The molecule has 1 aromatic rings. The van der Waals surface area contributed by atoms with E-state index in [2.05, 4.69) is 0 Å². The van der Waals surface area contributed by atoms with Crippen LogP contribution >= 0.6 is 0 Å². The average molecular weight is 424 g/mol. The third-order valence-corrected chi connectivity index (χ3v) is 3.88. The molecule has 0 spiro atoms. The molecule has 1 rings (SSSR count). The van der Waals surface area contributed by atoms with Crippen LogP contribution in [0.15, 0.2) is 4.79 Å². The van der Waals surface area contributed by atoms with Crippen LogP contribution in [-0.4, -0.2) is 40.8 Å². The molecule has 0 bridgehead atoms. The predicted molar refractivity (Wildman–Crippen MR) is 112 cm³/mol. The number of ether oxygens (including phenoxy) is 3. The Morgan fingerprint density at radius 3 is 1.43 bits per heavy atom. The molecule has 0 aliphatic heterocycles. The second-order valence-corrected chi connectivity index (χ2v) is 10.0. The number of esters is 3. The molecule has 1 heterocycles. The minimum absolute atomic E-state index is 0.188. The molecule has 1 aromatic heterocycles. The summed E-state index contributed by atoms with van der Waals surface area (Å²) in [5.41, 5.74) is -4.43. The van der Waals surface area contributed by atoms with Gasteiger partial charge >= 0.3 is 17.9 Å². The molecule has 8 nitrogen and oxygen atoms in total. The highest BCUT2D eigenvalue weighted by molar-refractivity contribution is 6.10. The molecule has 0 saturated heterocycles. The third kappa shape index (κ3) is 5.70. The topological polar surface area (TPSA) is 101 Å². The molecule has 0 amide bonds. The Labute approximate surface area is 177 Å². The fourth-order valence-electron chi connectivity index (χ4n) is 3.00. The predicted octanol–water partition coefficient (Wildman–Crippen LogP) is 3.61. The normalized spacial score (nSPS) is 12.4. The van der Waals surface area contributed by atoms with Crippen molar-refractivity contribution in [3.63, 3.8) is 0 Å². The number of carbonyl (C=O) groups excluding carboxylic acids is 3. The average Bonchev–Trinajstić information content (AvgIpc) is 2.48. The van der Waals surface area contributed by atoms with E-state index in [4.69, 9.17) is 14.2 Å². The van der Waals surface area contributed by atoms with Crippen molar-refractivity contribution in [3.05, 3.63) is 32.7 Å². The second kappa shape index (κ2) is 8.24. The number of carbonyl (C=O) groups is 3. The first kappa shape index (κ1) is 25.4. The second-order valence-electron chi connectivity index (χ2n) is 10.0. The highest BCUT2D eigenvalue weighted by Crippen LogP contribution is 2.26. The van der Waals surface area contributed by atoms with Crippen LogP contribution in [0.3, 0.4) is 0 Å². The Kier molecular flexibility index (Phi) is 6.98. The molecular weight excluding hydrogens is 390 g/mol. The van der Waals surface area contributed by atoms with Crippen molar-refractivity contribution in [2.45, 2.75) is 86.0 Å². The van der Waals surface area contributed by atoms with Crippen molar-refractivity contribution in [2.75, 3.05) is 7.11 Å². The lowest BCUT2D eigenvalue weighted by atomic mass is 9.96. The first-order valence-electron chi connectivity index (χ1n) is 9.67. The van der Waals surface area contributed by atoms with Gasteiger partial charge in [0.15, 0.2) is 0 Å². The van der Waals surface area contributed by atoms with E-state index in [9.17, 15) is 19.2 Å². The minimum Gasteiger partial charge on any atom is -0.465 e. The lowest BCUT2D eigenvalue weighted by Gasteiger charge is -2.29. The number of rotatable bonds is 3. The molecule has 0 atom stereocenters. The van der Waals surface area contributed by atoms with E-state index in [-0.39, 0.29) is 11.3 Å². The molecule has 8 heteroatoms. The summed E-state index contributed by atoms with van der Waals surface area (Å²) in [7, 11) is 1.15. The maximum absolute atomic E-state index is 13.4. The first-order chi connectivity index (χ1) is 13.3. The monoisotopic (exact) mass is 423 g/mol. The lowest BCUT2D eigenvalue weighted by molar-refractivity contribution is 0.00131. The Morgan fingerprint density at radius 2 is 1.10 bits per heavy atom. The van der Waals surface area contributed by atoms with Gasteiger partial charge < -0.3 is 18.8 Å². The molecule has 0 N–H and O–H groups in total. The van der Waals surface area contributed by atoms with Gasteiger partial charge in [0.1, 0.15) is 16.8 Å². The Bertz CT molecular complexity index is 919. The van der Waals surface area contributed by atoms with E-state index in [0.29, 0.717) is 0 Å². The van der Waals surface area contributed by atoms with Crippen molar-refractivity contribution in [2.24, 2.45) is 0 Å². The fraction of sp³-hybridized carbons (Fsp3) is 0.636. The Balaban J connectivity index is 4.16. The van der Waals surface area contributed by atoms with Crippen molar-refractivity contribution < 1.29 is 28.6 Å². The largest absolute Gasteiger partial charge is 0.465 e. The van der Waals surface area contributed by atoms with Gasteiger partial charge in [-0.3, -0.25) is 4.79 Å². The zero-order chi connectivity index (χ0) is 23.8. The van der Waals surface area contributed by atoms with E-state index < -0.39 is 51.3 Å². The van der Waals surface area contributed by atoms with E-state index in [1.54, 1.807) is 62.3 Å². The summed E-state index contributed by atoms with van der Waals surface area (Å²) in [6.45, 7) is 16.6. The Hall–Kier alpha value is -2.64. The van der Waals surface area contributed by atoms with Gasteiger partial charge in [0.2, 0.25) is 0 Å². The van der Waals surface area contributed by atoms with Gasteiger partial charge in [-0.05, 0) is 69.2 Å². The quantitative estimate of drug-likeness (QED) is 0.541. The van der Waals surface area contributed by atoms with Gasteiger partial charge in [-0.15, -0.1) is 0 Å². The number of pyridine rings is 1. The van der Waals surface area contributed by atoms with E-state index in [1.807, 2.05) is 0 Å². The summed E-state index contributed by atoms with van der Waals surface area (Å²) in [6, 6.07) is 0. The maximum Gasteiger partial charge on any atom is 0.345 e. The van der Waals surface area contributed by atoms with Crippen molar-refractivity contribution >= 4 is 17.9 Å². The molecule has 0 aliphatic carbocycles. The standard InChI is InChI=1S/C22H33NO7/c1-12-13(17(25)28-11)14(18(26)29-21(5,6)7)15(19(27)30-22(8,9)10)16(24)23(12)20(2,3)4/h1-11H3. The molecule has 0 aromatic carbocycles. The van der Waals surface area contributed by atoms with Gasteiger partial charge in [0.25, 0.3) is 5.56 Å². The number of aromatic nitrogens is 1. The van der Waals surface area contributed by atoms with Gasteiger partial charge in [-0.2, -0.15) is 0 Å². The summed E-state index contributed by atoms with van der Waals surface area (Å²) < 4.78 is 17.0. The summed E-state index contributed by atoms with van der Waals surface area (Å²) in [6.07, 6.45) is 0. The Morgan fingerprint density at radius 1 is 0.700 bits per heavy atom. The van der Waals surface area contributed by atoms with Crippen LogP contribution in [-0.2, 0) is 19.7 Å². The highest BCUT2D eigenvalue weighted by atomic mass is 16.6. The zero-order valence-electron chi connectivity index (χ0n) is 19.8. The van der Waals surface area contributed by atoms with Crippen molar-refractivity contribution in [3.8, 4) is 0 Å². The lowest BCUT2D eigenvalue weighted by Crippen LogP contribution is -2.43. The number of hydrogen-bond acceptors (Lipinski definition) is 7. The molecule has 0 saturated carbocycles. The van der Waals surface area contributed by atoms with Crippen LogP contribution in [0.5, 0.6) is 0 Å².